The van der Waals surface area contributed by atoms with Crippen molar-refractivity contribution in [3.63, 3.8) is 0 Å². The fourth-order valence-electron chi connectivity index (χ4n) is 0.554. The lowest BCUT2D eigenvalue weighted by molar-refractivity contribution is -0.699. The molecular weight excluding hydrogens is 264 g/mol. The summed E-state index contributed by atoms with van der Waals surface area (Å²) >= 11 is 8.51. The second kappa shape index (κ2) is 3.12. The molecule has 0 aromatic carbocycles. The van der Waals surface area contributed by atoms with Gasteiger partial charge in [0.15, 0.2) is 6.20 Å². The lowest BCUT2D eigenvalue weighted by Crippen LogP contribution is -2.30. The van der Waals surface area contributed by atoms with Gasteiger partial charge in [0.25, 0.3) is 0 Å². The van der Waals surface area contributed by atoms with E-state index < -0.39 is 0 Å². The Morgan fingerprint density at radius 2 is 2.33 bits per heavy atom. The monoisotopic (exact) mass is 270 g/mol. The minimum atomic E-state index is 1.02. The highest BCUT2D eigenvalue weighted by Gasteiger charge is 2.09. The van der Waals surface area contributed by atoms with Crippen LogP contribution in [0.1, 0.15) is 6.92 Å². The van der Waals surface area contributed by atoms with Crippen LogP contribution in [0.2, 0.25) is 0 Å². The zero-order valence-corrected chi connectivity index (χ0v) is 8.88. The highest BCUT2D eigenvalue weighted by atomic mass is 78.9. The molecule has 0 bridgehead atoms. The van der Waals surface area contributed by atoms with E-state index in [9.17, 15) is 0 Å². The number of aryl methyl sites for hydroxylation is 1. The van der Waals surface area contributed by atoms with Crippen molar-refractivity contribution in [1.29, 1.82) is 0 Å². The fraction of sp³-hybridized carbons (Fsp3) is 0.400. The summed E-state index contributed by atoms with van der Waals surface area (Å²) < 4.78 is 4.46. The SMILES string of the molecule is CC[n+]1cc([79Br])sc1[79Br]. The minimum Gasteiger partial charge on any atom is -0.182 e. The number of aromatic nitrogens is 1. The molecule has 1 nitrogen and oxygen atoms in total. The number of hydrogen-bond acceptors (Lipinski definition) is 1. The van der Waals surface area contributed by atoms with Crippen molar-refractivity contribution in [3.05, 3.63) is 13.9 Å². The summed E-state index contributed by atoms with van der Waals surface area (Å²) in [7, 11) is 0. The van der Waals surface area contributed by atoms with E-state index in [4.69, 9.17) is 0 Å². The molecule has 0 fully saturated rings. The predicted octanol–water partition coefficient (Wildman–Crippen LogP) is 2.58. The molecule has 1 aromatic rings. The average Bonchev–Trinajstić information content (AvgIpc) is 2.10. The average molecular weight is 270 g/mol. The summed E-state index contributed by atoms with van der Waals surface area (Å²) in [5.74, 6) is 0. The molecule has 0 saturated heterocycles. The van der Waals surface area contributed by atoms with Crippen molar-refractivity contribution in [1.82, 2.24) is 0 Å². The smallest absolute Gasteiger partial charge is 0.182 e. The Labute approximate surface area is 75.0 Å². The van der Waals surface area contributed by atoms with Gasteiger partial charge in [0.05, 0.1) is 0 Å². The van der Waals surface area contributed by atoms with Crippen molar-refractivity contribution in [2.45, 2.75) is 13.5 Å². The van der Waals surface area contributed by atoms with Crippen LogP contribution in [0.4, 0.5) is 0 Å². The molecule has 0 aliphatic rings. The maximum absolute atomic E-state index is 3.43. The van der Waals surface area contributed by atoms with Crippen LogP contribution in [0.5, 0.6) is 0 Å². The topological polar surface area (TPSA) is 3.88 Å². The summed E-state index contributed by atoms with van der Waals surface area (Å²) in [6.07, 6.45) is 2.06. The van der Waals surface area contributed by atoms with E-state index in [1.165, 1.54) is 0 Å². The van der Waals surface area contributed by atoms with E-state index in [-0.39, 0.29) is 0 Å². The highest BCUT2D eigenvalue weighted by Crippen LogP contribution is 2.21. The maximum Gasteiger partial charge on any atom is 0.305 e. The highest BCUT2D eigenvalue weighted by molar-refractivity contribution is 9.12. The molecule has 1 rings (SSSR count). The minimum absolute atomic E-state index is 1.02. The molecule has 0 aliphatic carbocycles. The summed E-state index contributed by atoms with van der Waals surface area (Å²) in [5, 5.41) is 0. The van der Waals surface area contributed by atoms with Gasteiger partial charge in [-0.25, -0.2) is 0 Å². The fourth-order valence-corrected chi connectivity index (χ4v) is 3.43. The molecular formula is C5H6Br2NS+. The van der Waals surface area contributed by atoms with Crippen LogP contribution in [-0.2, 0) is 6.54 Å². The maximum atomic E-state index is 3.43. The van der Waals surface area contributed by atoms with Gasteiger partial charge in [-0.05, 0) is 34.2 Å². The third-order valence-corrected chi connectivity index (χ3v) is 3.34. The second-order valence-electron chi connectivity index (χ2n) is 1.57. The molecule has 0 atom stereocenters. The van der Waals surface area contributed by atoms with E-state index in [0.717, 1.165) is 14.2 Å². The van der Waals surface area contributed by atoms with Crippen molar-refractivity contribution in [2.75, 3.05) is 0 Å². The lowest BCUT2D eigenvalue weighted by Gasteiger charge is -1.80. The Hall–Kier alpha value is 0.590. The molecule has 50 valence electrons. The molecule has 0 saturated carbocycles. The van der Waals surface area contributed by atoms with Crippen molar-refractivity contribution in [3.8, 4) is 0 Å². The second-order valence-corrected chi connectivity index (χ2v) is 5.26. The molecule has 0 N–H and O–H groups in total. The van der Waals surface area contributed by atoms with Crippen LogP contribution in [0, 0.1) is 0 Å². The van der Waals surface area contributed by atoms with Crippen LogP contribution in [0.25, 0.3) is 0 Å². The van der Waals surface area contributed by atoms with E-state index in [0.29, 0.717) is 0 Å². The Morgan fingerprint density at radius 3 is 2.56 bits per heavy atom. The summed E-state index contributed by atoms with van der Waals surface area (Å²) in [6.45, 7) is 3.13. The van der Waals surface area contributed by atoms with E-state index in [2.05, 4.69) is 49.5 Å². The number of rotatable bonds is 1. The summed E-state index contributed by atoms with van der Waals surface area (Å²) in [6, 6.07) is 0. The molecule has 4 heteroatoms. The third-order valence-electron chi connectivity index (χ3n) is 1.01. The van der Waals surface area contributed by atoms with Crippen LogP contribution in [0.3, 0.4) is 0 Å². The van der Waals surface area contributed by atoms with Gasteiger partial charge < -0.3 is 0 Å². The molecule has 0 amide bonds. The van der Waals surface area contributed by atoms with E-state index in [1.807, 2.05) is 0 Å². The first-order chi connectivity index (χ1) is 4.24. The van der Waals surface area contributed by atoms with Gasteiger partial charge in [0, 0.05) is 15.9 Å². The van der Waals surface area contributed by atoms with Crippen LogP contribution < -0.4 is 4.57 Å². The van der Waals surface area contributed by atoms with Crippen molar-refractivity contribution < 1.29 is 4.57 Å². The molecule has 9 heavy (non-hydrogen) atoms. The van der Waals surface area contributed by atoms with Gasteiger partial charge in [0.2, 0.25) is 0 Å². The number of hydrogen-bond donors (Lipinski definition) is 0. The van der Waals surface area contributed by atoms with E-state index in [1.54, 1.807) is 11.3 Å². The molecule has 0 spiro atoms. The van der Waals surface area contributed by atoms with Crippen molar-refractivity contribution in [2.24, 2.45) is 0 Å². The van der Waals surface area contributed by atoms with Gasteiger partial charge in [-0.3, -0.25) is 0 Å². The number of halogens is 2. The van der Waals surface area contributed by atoms with Gasteiger partial charge in [-0.2, -0.15) is 4.57 Å². The molecule has 1 heterocycles. The normalized spacial score (nSPS) is 10.1. The number of nitrogens with zero attached hydrogens (tertiary/aromatic N) is 1. The van der Waals surface area contributed by atoms with Gasteiger partial charge >= 0.3 is 3.92 Å². The number of thiazole rings is 1. The first-order valence-corrected chi connectivity index (χ1v) is 4.98. The summed E-state index contributed by atoms with van der Waals surface area (Å²) in [4.78, 5) is 0. The molecule has 0 aliphatic heterocycles. The first-order valence-electron chi connectivity index (χ1n) is 2.58. The van der Waals surface area contributed by atoms with Crippen LogP contribution in [-0.4, -0.2) is 0 Å². The van der Waals surface area contributed by atoms with E-state index >= 15 is 0 Å². The molecule has 1 aromatic heterocycles. The van der Waals surface area contributed by atoms with Gasteiger partial charge in [-0.15, -0.1) is 0 Å². The van der Waals surface area contributed by atoms with Crippen LogP contribution in [0.15, 0.2) is 13.9 Å². The Balaban J connectivity index is 3.01. The van der Waals surface area contributed by atoms with Crippen molar-refractivity contribution >= 4 is 43.2 Å². The Morgan fingerprint density at radius 1 is 1.67 bits per heavy atom. The zero-order chi connectivity index (χ0) is 6.85. The third kappa shape index (κ3) is 1.75. The standard InChI is InChI=1S/C5H6Br2NS/c1-2-8-3-4(6)9-5(8)7/h3H,2H2,1H3/q+1/i6-1,7-1. The van der Waals surface area contributed by atoms with Gasteiger partial charge in [-0.1, -0.05) is 0 Å². The zero-order valence-electron chi connectivity index (χ0n) is 4.90. The lowest BCUT2D eigenvalue weighted by atomic mass is 10.7. The molecule has 0 radical (unpaired) electrons. The van der Waals surface area contributed by atoms with Crippen LogP contribution >= 0.6 is 43.2 Å². The first kappa shape index (κ1) is 7.69. The predicted molar refractivity (Wildman–Crippen MR) is 45.6 cm³/mol. The quantitative estimate of drug-likeness (QED) is 0.690. The summed E-state index contributed by atoms with van der Waals surface area (Å²) in [5.41, 5.74) is 0. The molecule has 0 unspecified atom stereocenters. The van der Waals surface area contributed by atoms with Gasteiger partial charge in [0.1, 0.15) is 10.3 Å². The Kier molecular flexibility index (Phi) is 2.67. The largest absolute Gasteiger partial charge is 0.305 e. The Bertz CT molecular complexity index is 209.